The van der Waals surface area contributed by atoms with Crippen molar-refractivity contribution in [2.45, 2.75) is 18.8 Å². The van der Waals surface area contributed by atoms with Crippen LogP contribution in [0.15, 0.2) is 60.7 Å². The Morgan fingerprint density at radius 2 is 1.55 bits per heavy atom. The number of benzene rings is 2. The molecule has 0 aliphatic heterocycles. The second kappa shape index (κ2) is 9.19. The highest BCUT2D eigenvalue weighted by Gasteiger charge is 2.22. The Labute approximate surface area is 137 Å². The van der Waals surface area contributed by atoms with Gasteiger partial charge in [0.15, 0.2) is 0 Å². The van der Waals surface area contributed by atoms with E-state index in [1.165, 1.54) is 5.56 Å². The fraction of sp³-hybridized carbons (Fsp3) is 0.333. The first-order valence-corrected chi connectivity index (χ1v) is 10.7. The van der Waals surface area contributed by atoms with Crippen LogP contribution in [0.1, 0.15) is 18.1 Å². The third kappa shape index (κ3) is 6.00. The number of rotatable bonds is 9. The molecule has 22 heavy (non-hydrogen) atoms. The summed E-state index contributed by atoms with van der Waals surface area (Å²) in [5.74, 6) is 1.82. The van der Waals surface area contributed by atoms with E-state index >= 15 is 0 Å². The van der Waals surface area contributed by atoms with Gasteiger partial charge in [0.1, 0.15) is 0 Å². The van der Waals surface area contributed by atoms with Gasteiger partial charge in [0, 0.05) is 23.8 Å². The van der Waals surface area contributed by atoms with Gasteiger partial charge in [0.05, 0.1) is 6.61 Å². The van der Waals surface area contributed by atoms with Crippen LogP contribution in [-0.4, -0.2) is 18.5 Å². The topological polar surface area (TPSA) is 26.3 Å². The molecule has 0 saturated heterocycles. The minimum absolute atomic E-state index is 0.507. The predicted octanol–water partition coefficient (Wildman–Crippen LogP) is 5.43. The summed E-state index contributed by atoms with van der Waals surface area (Å²) < 4.78 is 18.6. The van der Waals surface area contributed by atoms with Crippen molar-refractivity contribution in [3.05, 3.63) is 71.8 Å². The van der Waals surface area contributed by atoms with Crippen LogP contribution in [-0.2, 0) is 21.0 Å². The van der Waals surface area contributed by atoms with Gasteiger partial charge in [-0.25, -0.2) is 0 Å². The van der Waals surface area contributed by atoms with E-state index in [4.69, 9.17) is 4.52 Å². The Hall–Kier alpha value is -1.02. The maximum Gasteiger partial charge on any atom is 0.208 e. The SMILES string of the molecule is CCOP(=O)(CCSCc1ccccc1)Cc1ccccc1. The van der Waals surface area contributed by atoms with Crippen LogP contribution >= 0.6 is 19.1 Å². The first kappa shape index (κ1) is 17.3. The van der Waals surface area contributed by atoms with Crippen LogP contribution in [0.25, 0.3) is 0 Å². The highest BCUT2D eigenvalue weighted by molar-refractivity contribution is 7.98. The maximum atomic E-state index is 13.0. The molecule has 0 radical (unpaired) electrons. The molecule has 0 amide bonds. The lowest BCUT2D eigenvalue weighted by molar-refractivity contribution is 0.333. The molecule has 0 heterocycles. The zero-order chi connectivity index (χ0) is 15.7. The average Bonchev–Trinajstić information content (AvgIpc) is 2.54. The molecule has 0 aromatic heterocycles. The van der Waals surface area contributed by atoms with E-state index in [-0.39, 0.29) is 0 Å². The van der Waals surface area contributed by atoms with Crippen molar-refractivity contribution < 1.29 is 9.09 Å². The van der Waals surface area contributed by atoms with E-state index < -0.39 is 7.37 Å². The molecule has 0 N–H and O–H groups in total. The standard InChI is InChI=1S/C18H23O2PS/c1-2-20-21(19,15-17-9-5-3-6-10-17)13-14-22-16-18-11-7-4-8-12-18/h3-12H,2,13-16H2,1H3. The largest absolute Gasteiger partial charge is 0.328 e. The monoisotopic (exact) mass is 334 g/mol. The summed E-state index contributed by atoms with van der Waals surface area (Å²) in [6.45, 7) is 2.42. The molecular formula is C18H23O2PS. The first-order chi connectivity index (χ1) is 10.7. The van der Waals surface area contributed by atoms with E-state index in [9.17, 15) is 4.57 Å². The fourth-order valence-electron chi connectivity index (χ4n) is 2.25. The molecule has 4 heteroatoms. The van der Waals surface area contributed by atoms with Gasteiger partial charge in [-0.1, -0.05) is 60.7 Å². The Bertz CT molecular complexity index is 587. The number of hydrogen-bond acceptors (Lipinski definition) is 3. The van der Waals surface area contributed by atoms with Crippen LogP contribution in [0, 0.1) is 0 Å². The van der Waals surface area contributed by atoms with Crippen molar-refractivity contribution in [1.29, 1.82) is 0 Å². The molecule has 1 unspecified atom stereocenters. The summed E-state index contributed by atoms with van der Waals surface area (Å²) in [5.41, 5.74) is 2.40. The molecule has 0 aliphatic carbocycles. The molecule has 1 atom stereocenters. The van der Waals surface area contributed by atoms with Gasteiger partial charge in [-0.15, -0.1) is 0 Å². The summed E-state index contributed by atoms with van der Waals surface area (Å²) in [7, 11) is -2.58. The van der Waals surface area contributed by atoms with Gasteiger partial charge in [-0.05, 0) is 18.1 Å². The third-order valence-corrected chi connectivity index (χ3v) is 7.13. The lowest BCUT2D eigenvalue weighted by atomic mass is 10.2. The van der Waals surface area contributed by atoms with E-state index in [1.54, 1.807) is 0 Å². The van der Waals surface area contributed by atoms with Crippen LogP contribution in [0.3, 0.4) is 0 Å². The smallest absolute Gasteiger partial charge is 0.208 e. The van der Waals surface area contributed by atoms with E-state index in [1.807, 2.05) is 55.1 Å². The van der Waals surface area contributed by atoms with E-state index in [0.29, 0.717) is 18.9 Å². The molecule has 0 spiro atoms. The van der Waals surface area contributed by atoms with Crippen LogP contribution in [0.2, 0.25) is 0 Å². The molecule has 2 aromatic carbocycles. The highest BCUT2D eigenvalue weighted by atomic mass is 32.2. The van der Waals surface area contributed by atoms with Crippen molar-refractivity contribution in [2.75, 3.05) is 18.5 Å². The van der Waals surface area contributed by atoms with Gasteiger partial charge in [0.2, 0.25) is 7.37 Å². The zero-order valence-corrected chi connectivity index (χ0v) is 14.7. The molecule has 0 fully saturated rings. The molecular weight excluding hydrogens is 311 g/mol. The Morgan fingerprint density at radius 1 is 0.955 bits per heavy atom. The van der Waals surface area contributed by atoms with Gasteiger partial charge in [0.25, 0.3) is 0 Å². The zero-order valence-electron chi connectivity index (χ0n) is 13.0. The summed E-state index contributed by atoms with van der Waals surface area (Å²) in [5, 5.41) is 0. The lowest BCUT2D eigenvalue weighted by Gasteiger charge is -2.18. The van der Waals surface area contributed by atoms with Crippen molar-refractivity contribution in [3.63, 3.8) is 0 Å². The molecule has 0 saturated carbocycles. The minimum Gasteiger partial charge on any atom is -0.328 e. The number of hydrogen-bond donors (Lipinski definition) is 0. The van der Waals surface area contributed by atoms with Crippen LogP contribution in [0.5, 0.6) is 0 Å². The van der Waals surface area contributed by atoms with E-state index in [0.717, 1.165) is 17.1 Å². The van der Waals surface area contributed by atoms with Crippen molar-refractivity contribution >= 4 is 19.1 Å². The van der Waals surface area contributed by atoms with Crippen molar-refractivity contribution in [2.24, 2.45) is 0 Å². The second-order valence-corrected chi connectivity index (χ2v) is 8.89. The maximum absolute atomic E-state index is 13.0. The highest BCUT2D eigenvalue weighted by Crippen LogP contribution is 2.50. The Kier molecular flexibility index (Phi) is 7.24. The van der Waals surface area contributed by atoms with Gasteiger partial charge in [-0.2, -0.15) is 11.8 Å². The molecule has 0 bridgehead atoms. The van der Waals surface area contributed by atoms with Gasteiger partial charge >= 0.3 is 0 Å². The van der Waals surface area contributed by atoms with E-state index in [2.05, 4.69) is 24.3 Å². The first-order valence-electron chi connectivity index (χ1n) is 7.60. The fourth-order valence-corrected chi connectivity index (χ4v) is 6.07. The number of thioether (sulfide) groups is 1. The molecule has 2 nitrogen and oxygen atoms in total. The molecule has 2 rings (SSSR count). The summed E-state index contributed by atoms with van der Waals surface area (Å²) in [6, 6.07) is 20.4. The summed E-state index contributed by atoms with van der Waals surface area (Å²) >= 11 is 1.82. The lowest BCUT2D eigenvalue weighted by Crippen LogP contribution is -2.01. The minimum atomic E-state index is -2.58. The predicted molar refractivity (Wildman–Crippen MR) is 96.8 cm³/mol. The summed E-state index contributed by atoms with van der Waals surface area (Å²) in [4.78, 5) is 0. The molecule has 0 aliphatic rings. The average molecular weight is 334 g/mol. The quantitative estimate of drug-likeness (QED) is 0.451. The third-order valence-electron chi connectivity index (χ3n) is 3.32. The molecule has 118 valence electrons. The van der Waals surface area contributed by atoms with Gasteiger partial charge < -0.3 is 4.52 Å². The summed E-state index contributed by atoms with van der Waals surface area (Å²) in [6.07, 6.45) is 1.17. The van der Waals surface area contributed by atoms with Crippen LogP contribution in [0.4, 0.5) is 0 Å². The second-order valence-electron chi connectivity index (χ2n) is 5.14. The van der Waals surface area contributed by atoms with Gasteiger partial charge in [-0.3, -0.25) is 4.57 Å². The van der Waals surface area contributed by atoms with Crippen LogP contribution < -0.4 is 0 Å². The Morgan fingerprint density at radius 3 is 2.14 bits per heavy atom. The normalized spacial score (nSPS) is 13.7. The van der Waals surface area contributed by atoms with Crippen molar-refractivity contribution in [1.82, 2.24) is 0 Å². The Balaban J connectivity index is 1.84. The molecule has 2 aromatic rings. The van der Waals surface area contributed by atoms with Crippen molar-refractivity contribution in [3.8, 4) is 0 Å².